The minimum absolute atomic E-state index is 0.00619. The highest BCUT2D eigenvalue weighted by atomic mass is 16.5. The van der Waals surface area contributed by atoms with Gasteiger partial charge in [-0.2, -0.15) is 0 Å². The summed E-state index contributed by atoms with van der Waals surface area (Å²) in [7, 11) is 1.85. The Hall–Kier alpha value is -0.835. The van der Waals surface area contributed by atoms with Crippen LogP contribution in [0.2, 0.25) is 12.6 Å². The van der Waals surface area contributed by atoms with Crippen molar-refractivity contribution >= 4 is 18.7 Å². The standard InChI is InChI=1S/C11H18BNO3/c1-12(8-4-3-5-8)16-11(15)9-6-13(2)7-10(9)14/h8-9H,3-7H2,1-2H3. The summed E-state index contributed by atoms with van der Waals surface area (Å²) in [5.74, 6) is -0.368. The van der Waals surface area contributed by atoms with Crippen molar-refractivity contribution in [2.45, 2.75) is 31.9 Å². The highest BCUT2D eigenvalue weighted by molar-refractivity contribution is 6.54. The molecule has 1 aliphatic heterocycles. The first-order valence-electron chi connectivity index (χ1n) is 5.99. The van der Waals surface area contributed by atoms with Gasteiger partial charge in [-0.3, -0.25) is 14.5 Å². The largest absolute Gasteiger partial charge is 0.536 e. The molecule has 0 aromatic heterocycles. The van der Waals surface area contributed by atoms with Gasteiger partial charge >= 0.3 is 6.92 Å². The minimum Gasteiger partial charge on any atom is -0.536 e. The molecular weight excluding hydrogens is 205 g/mol. The molecule has 88 valence electrons. The second-order valence-corrected chi connectivity index (χ2v) is 5.05. The van der Waals surface area contributed by atoms with Crippen LogP contribution >= 0.6 is 0 Å². The van der Waals surface area contributed by atoms with Gasteiger partial charge < -0.3 is 4.65 Å². The maximum absolute atomic E-state index is 11.8. The first-order valence-corrected chi connectivity index (χ1v) is 5.99. The van der Waals surface area contributed by atoms with Crippen molar-refractivity contribution in [1.29, 1.82) is 0 Å². The zero-order valence-electron chi connectivity index (χ0n) is 9.94. The van der Waals surface area contributed by atoms with E-state index in [4.69, 9.17) is 4.65 Å². The summed E-state index contributed by atoms with van der Waals surface area (Å²) >= 11 is 0. The fraction of sp³-hybridized carbons (Fsp3) is 0.818. The number of carbonyl (C=O) groups is 2. The van der Waals surface area contributed by atoms with Crippen molar-refractivity contribution in [3.63, 3.8) is 0 Å². The number of ketones is 1. The van der Waals surface area contributed by atoms with Crippen LogP contribution in [-0.2, 0) is 14.2 Å². The molecule has 0 bridgehead atoms. The van der Waals surface area contributed by atoms with Crippen LogP contribution in [0.25, 0.3) is 0 Å². The molecule has 1 saturated heterocycles. The van der Waals surface area contributed by atoms with E-state index in [2.05, 4.69) is 0 Å². The van der Waals surface area contributed by atoms with E-state index in [1.165, 1.54) is 6.42 Å². The summed E-state index contributed by atoms with van der Waals surface area (Å²) in [4.78, 5) is 25.2. The number of likely N-dealkylation sites (tertiary alicyclic amines) is 1. The van der Waals surface area contributed by atoms with Gasteiger partial charge in [0.2, 0.25) is 0 Å². The first-order chi connectivity index (χ1) is 7.58. The van der Waals surface area contributed by atoms with E-state index in [1.807, 2.05) is 18.8 Å². The van der Waals surface area contributed by atoms with Gasteiger partial charge in [-0.15, -0.1) is 0 Å². The molecule has 2 aliphatic rings. The molecule has 1 unspecified atom stereocenters. The smallest absolute Gasteiger partial charge is 0.361 e. The monoisotopic (exact) mass is 223 g/mol. The summed E-state index contributed by atoms with van der Waals surface area (Å²) < 4.78 is 5.37. The first kappa shape index (κ1) is 11.6. The predicted octanol–water partition coefficient (Wildman–Crippen LogP) is 0.836. The molecule has 1 aliphatic carbocycles. The van der Waals surface area contributed by atoms with Crippen molar-refractivity contribution in [3.8, 4) is 0 Å². The van der Waals surface area contributed by atoms with Crippen molar-refractivity contribution in [3.05, 3.63) is 0 Å². The maximum atomic E-state index is 11.8. The third-order valence-electron chi connectivity index (χ3n) is 3.71. The zero-order chi connectivity index (χ0) is 11.7. The van der Waals surface area contributed by atoms with Gasteiger partial charge in [0.15, 0.2) is 5.78 Å². The van der Waals surface area contributed by atoms with Gasteiger partial charge in [-0.25, -0.2) is 0 Å². The van der Waals surface area contributed by atoms with Gasteiger partial charge in [-0.05, 0) is 19.7 Å². The van der Waals surface area contributed by atoms with Crippen LogP contribution in [0.5, 0.6) is 0 Å². The average molecular weight is 223 g/mol. The molecule has 0 amide bonds. The fourth-order valence-corrected chi connectivity index (χ4v) is 2.33. The molecule has 0 radical (unpaired) electrons. The Balaban J connectivity index is 1.85. The molecule has 1 saturated carbocycles. The lowest BCUT2D eigenvalue weighted by atomic mass is 9.50. The lowest BCUT2D eigenvalue weighted by Crippen LogP contribution is -2.34. The Kier molecular flexibility index (Phi) is 3.33. The topological polar surface area (TPSA) is 46.6 Å². The molecule has 5 heteroatoms. The molecule has 0 aromatic carbocycles. The molecule has 2 fully saturated rings. The quantitative estimate of drug-likeness (QED) is 0.525. The number of carbonyl (C=O) groups excluding carboxylic acids is 2. The Labute approximate surface area is 96.4 Å². The fourth-order valence-electron chi connectivity index (χ4n) is 2.33. The molecule has 0 aromatic rings. The molecule has 1 heterocycles. The third kappa shape index (κ3) is 2.29. The van der Waals surface area contributed by atoms with Crippen LogP contribution in [0.15, 0.2) is 0 Å². The van der Waals surface area contributed by atoms with Crippen LogP contribution in [0.1, 0.15) is 19.3 Å². The van der Waals surface area contributed by atoms with Crippen LogP contribution in [0.4, 0.5) is 0 Å². The highest BCUT2D eigenvalue weighted by Gasteiger charge is 2.38. The number of nitrogens with zero attached hydrogens (tertiary/aromatic N) is 1. The van der Waals surface area contributed by atoms with E-state index in [9.17, 15) is 9.59 Å². The Morgan fingerprint density at radius 3 is 2.62 bits per heavy atom. The van der Waals surface area contributed by atoms with E-state index in [1.54, 1.807) is 0 Å². The number of likely N-dealkylation sites (N-methyl/N-ethyl adjacent to an activating group) is 1. The zero-order valence-corrected chi connectivity index (χ0v) is 9.94. The molecule has 16 heavy (non-hydrogen) atoms. The molecule has 2 rings (SSSR count). The van der Waals surface area contributed by atoms with Crippen LogP contribution in [-0.4, -0.2) is 43.7 Å². The van der Waals surface area contributed by atoms with Crippen molar-refractivity contribution in [1.82, 2.24) is 4.90 Å². The van der Waals surface area contributed by atoms with E-state index >= 15 is 0 Å². The van der Waals surface area contributed by atoms with Gasteiger partial charge in [0, 0.05) is 6.54 Å². The Morgan fingerprint density at radius 1 is 1.50 bits per heavy atom. The van der Waals surface area contributed by atoms with Crippen molar-refractivity contribution < 1.29 is 14.2 Å². The maximum Gasteiger partial charge on any atom is 0.361 e. The van der Waals surface area contributed by atoms with Crippen molar-refractivity contribution in [2.75, 3.05) is 20.1 Å². The molecule has 1 atom stereocenters. The summed E-state index contributed by atoms with van der Waals surface area (Å²) in [5, 5.41) is 0. The SMILES string of the molecule is CB(OC(=O)C1CN(C)CC1=O)C1CCC1. The normalized spacial score (nSPS) is 26.6. The van der Waals surface area contributed by atoms with Crippen LogP contribution in [0.3, 0.4) is 0 Å². The second-order valence-electron chi connectivity index (χ2n) is 5.05. The summed E-state index contributed by atoms with van der Waals surface area (Å²) in [5.41, 5.74) is 0. The van der Waals surface area contributed by atoms with Gasteiger partial charge in [-0.1, -0.05) is 19.3 Å². The van der Waals surface area contributed by atoms with Gasteiger partial charge in [0.1, 0.15) is 5.92 Å². The lowest BCUT2D eigenvalue weighted by Gasteiger charge is -2.28. The summed E-state index contributed by atoms with van der Waals surface area (Å²) in [6, 6.07) is 0. The third-order valence-corrected chi connectivity index (χ3v) is 3.71. The Morgan fingerprint density at radius 2 is 2.19 bits per heavy atom. The van der Waals surface area contributed by atoms with Crippen LogP contribution in [0, 0.1) is 5.92 Å². The average Bonchev–Trinajstić information content (AvgIpc) is 2.41. The molecule has 4 nitrogen and oxygen atoms in total. The molecular formula is C11H18BNO3. The van der Waals surface area contributed by atoms with E-state index in [-0.39, 0.29) is 18.7 Å². The highest BCUT2D eigenvalue weighted by Crippen LogP contribution is 2.35. The Bertz CT molecular complexity index is 304. The van der Waals surface area contributed by atoms with E-state index < -0.39 is 5.92 Å². The lowest BCUT2D eigenvalue weighted by molar-refractivity contribution is -0.142. The number of hydrogen-bond donors (Lipinski definition) is 0. The van der Waals surface area contributed by atoms with Gasteiger partial charge in [0.25, 0.3) is 5.97 Å². The van der Waals surface area contributed by atoms with E-state index in [0.717, 1.165) is 12.8 Å². The van der Waals surface area contributed by atoms with Gasteiger partial charge in [0.05, 0.1) is 6.54 Å². The minimum atomic E-state index is -0.549. The number of hydrogen-bond acceptors (Lipinski definition) is 4. The summed E-state index contributed by atoms with van der Waals surface area (Å²) in [6.07, 6.45) is 3.53. The number of rotatable bonds is 3. The molecule has 0 N–H and O–H groups in total. The van der Waals surface area contributed by atoms with E-state index in [0.29, 0.717) is 18.9 Å². The second kappa shape index (κ2) is 4.57. The van der Waals surface area contributed by atoms with Crippen LogP contribution < -0.4 is 0 Å². The summed E-state index contributed by atoms with van der Waals surface area (Å²) in [6.45, 7) is 2.79. The number of Topliss-reactive ketones (excluding diaryl/α,β-unsaturated/α-hetero) is 1. The molecule has 0 spiro atoms. The predicted molar refractivity (Wildman–Crippen MR) is 61.3 cm³/mol. The van der Waals surface area contributed by atoms with Crippen molar-refractivity contribution in [2.24, 2.45) is 5.92 Å².